The summed E-state index contributed by atoms with van der Waals surface area (Å²) >= 11 is 17.4. The van der Waals surface area contributed by atoms with Gasteiger partial charge in [-0.3, -0.25) is 0 Å². The molecule has 0 radical (unpaired) electrons. The summed E-state index contributed by atoms with van der Waals surface area (Å²) in [6, 6.07) is 28.6. The molecule has 8 N–H and O–H groups in total. The molecule has 466 valence electrons. The number of hydrogen-bond acceptors (Lipinski definition) is 11. The fourth-order valence-electron chi connectivity index (χ4n) is 6.67. The van der Waals surface area contributed by atoms with E-state index in [-0.39, 0.29) is 26.7 Å². The Labute approximate surface area is 530 Å². The number of aromatic nitrogens is 1. The predicted molar refractivity (Wildman–Crippen MR) is 349 cm³/mol. The molecule has 7 aromatic rings. The van der Waals surface area contributed by atoms with Crippen molar-refractivity contribution in [1.29, 1.82) is 0 Å². The van der Waals surface area contributed by atoms with Gasteiger partial charge in [-0.05, 0) is 143 Å². The van der Waals surface area contributed by atoms with Crippen LogP contribution in [0.4, 0.5) is 13.2 Å². The Kier molecular flexibility index (Phi) is 34.1. The van der Waals surface area contributed by atoms with E-state index in [1.165, 1.54) is 48.0 Å². The van der Waals surface area contributed by atoms with Crippen LogP contribution in [0.2, 0.25) is 19.6 Å². The Morgan fingerprint density at radius 2 is 0.965 bits per heavy atom. The summed E-state index contributed by atoms with van der Waals surface area (Å²) in [5.41, 5.74) is 13.0. The molecule has 0 atom stereocenters. The van der Waals surface area contributed by atoms with Crippen molar-refractivity contribution in [3.05, 3.63) is 191 Å². The van der Waals surface area contributed by atoms with Gasteiger partial charge in [0.05, 0.1) is 4.90 Å². The van der Waals surface area contributed by atoms with Crippen molar-refractivity contribution in [3.63, 3.8) is 0 Å². The van der Waals surface area contributed by atoms with Crippen molar-refractivity contribution < 1.29 is 52.8 Å². The number of terminal acetylenes is 3. The van der Waals surface area contributed by atoms with Gasteiger partial charge in [-0.25, -0.2) is 67.4 Å². The molecule has 86 heavy (non-hydrogen) atoms. The van der Waals surface area contributed by atoms with Gasteiger partial charge in [-0.15, -0.1) is 24.8 Å². The molecule has 0 spiro atoms. The average Bonchev–Trinajstić information content (AvgIpc) is 2.90. The third-order valence-electron chi connectivity index (χ3n) is 10.2. The standard InChI is InChI=1S/C18H17FN2O3S.C10H11NO.C8H6FNO2S.C8H7NO2S.C6H5BrFNO2S.C5H10Si.CHCl3.2CH4.H2/c1-10-6-11(2)18(12(3)7-10)15-9-16(24-21-15)13-4-5-17(14(19)8-13)25(20,22)23;1-7-4-8(2)10(6-11-12)9(3)5-7;1-2-6-3-4-8(7(9)5-6)13(10,11)12;1-2-7-3-5-8(6-4-7)12(9,10)11;7-4-1-2-6(5(8)3-4)12(9,10)11;1-5-6(2,3)4;2-1(3)4;;;/h4-9H,1-3H3,(H2,20,22,23);4-5H,1-3H3;1,3-5H,(H2,10,11,12);1,3-6H,(H2,9,10,11);1-3H,(H2,9,10,11);1H,2-4H3;1H;2*1H4;1H/i;;;;;;;;;1+1. The predicted octanol–water partition coefficient (Wildman–Crippen LogP) is 13.5. The van der Waals surface area contributed by atoms with Crippen LogP contribution in [0, 0.1) is 107 Å². The molecule has 0 aliphatic rings. The number of primary sulfonamides is 4. The molecular formula is C58H67BrCl3F3N6O10S4Si. The maximum atomic E-state index is 14.0. The first-order valence-corrected chi connectivity index (χ1v) is 35.1. The number of sulfonamides is 4. The van der Waals surface area contributed by atoms with Crippen molar-refractivity contribution >= 4 is 98.9 Å². The SMILES string of the molecule is C.C.C#C[Si](C)(C)C.C#Cc1ccc(S(N)(=O)=O)c(F)c1.C#Cc1ccc(S(N)(=O)=O)cc1.Cc1cc(C)c(-c2cc(-c3ccc(S(N)(=O)=O)c(F)c3)on2)c(C)c1.Cc1cc(C)c(C#[N+][O-])c(C)c1.ClC(Cl)Cl.NS(=O)(=O)c1ccc(Br)cc1F.[2HH]. The Morgan fingerprint density at radius 1 is 0.593 bits per heavy atom. The second-order valence-corrected chi connectivity index (χ2v) is 32.2. The van der Waals surface area contributed by atoms with Gasteiger partial charge < -0.3 is 9.73 Å². The van der Waals surface area contributed by atoms with Crippen LogP contribution in [-0.4, -0.2) is 51.2 Å². The Bertz CT molecular complexity index is 4100. The first kappa shape index (κ1) is 81.6. The Morgan fingerprint density at radius 3 is 1.31 bits per heavy atom. The molecule has 6 aromatic carbocycles. The van der Waals surface area contributed by atoms with Gasteiger partial charge in [-0.2, -0.15) is 0 Å². The summed E-state index contributed by atoms with van der Waals surface area (Å²) in [4.78, 5) is -1.53. The highest BCUT2D eigenvalue weighted by atomic mass is 79.9. The molecular weight excluding hydrogens is 1340 g/mol. The van der Waals surface area contributed by atoms with Crippen LogP contribution < -0.4 is 20.6 Å². The maximum Gasteiger partial charge on any atom is 0.337 e. The quantitative estimate of drug-likeness (QED) is 0.0525. The van der Waals surface area contributed by atoms with Gasteiger partial charge in [0.25, 0.3) is 0 Å². The average molecular weight is 1410 g/mol. The lowest BCUT2D eigenvalue weighted by Crippen LogP contribution is -2.15. The number of rotatable bonds is 6. The number of nitrogens with zero attached hydrogens (tertiary/aromatic N) is 2. The number of halogens is 7. The number of aryl methyl sites for hydroxylation is 6. The second kappa shape index (κ2) is 36.0. The van der Waals surface area contributed by atoms with E-state index < -0.39 is 84.6 Å². The van der Waals surface area contributed by atoms with Gasteiger partial charge in [-0.1, -0.05) is 138 Å². The molecule has 0 bridgehead atoms. The zero-order valence-electron chi connectivity index (χ0n) is 46.3. The molecule has 0 unspecified atom stereocenters. The van der Waals surface area contributed by atoms with Crippen molar-refractivity contribution in [1.82, 2.24) is 5.16 Å². The van der Waals surface area contributed by atoms with Crippen LogP contribution >= 0.6 is 50.7 Å². The van der Waals surface area contributed by atoms with Gasteiger partial charge in [0.15, 0.2) is 10.1 Å². The molecule has 1 heterocycles. The lowest BCUT2D eigenvalue weighted by molar-refractivity contribution is 0.434. The van der Waals surface area contributed by atoms with Crippen LogP contribution in [-0.2, 0) is 40.1 Å². The first-order chi connectivity index (χ1) is 38.5. The van der Waals surface area contributed by atoms with E-state index in [0.717, 1.165) is 75.3 Å². The minimum absolute atomic E-state index is 0. The highest BCUT2D eigenvalue weighted by Gasteiger charge is 2.19. The molecule has 1 aromatic heterocycles. The maximum absolute atomic E-state index is 14.0. The monoisotopic (exact) mass is 1410 g/mol. The molecule has 28 heteroatoms. The Hall–Kier alpha value is -6.50. The summed E-state index contributed by atoms with van der Waals surface area (Å²) in [5.74, 6) is 2.17. The van der Waals surface area contributed by atoms with E-state index >= 15 is 0 Å². The van der Waals surface area contributed by atoms with Crippen molar-refractivity contribution in [2.24, 2.45) is 20.6 Å². The Balaban J connectivity index is -0.000000999. The van der Waals surface area contributed by atoms with E-state index in [1.807, 2.05) is 53.7 Å². The highest BCUT2D eigenvalue weighted by molar-refractivity contribution is 9.10. The van der Waals surface area contributed by atoms with Crippen LogP contribution in [0.15, 0.2) is 138 Å². The van der Waals surface area contributed by atoms with Gasteiger partial charge in [0, 0.05) is 39.2 Å². The molecule has 0 amide bonds. The molecule has 7 rings (SSSR count). The number of nitrogens with two attached hydrogens (primary N) is 4. The zero-order chi connectivity index (χ0) is 64.9. The minimum Gasteiger partial charge on any atom is -0.498 e. The van der Waals surface area contributed by atoms with Gasteiger partial charge in [0.2, 0.25) is 40.1 Å². The van der Waals surface area contributed by atoms with Crippen LogP contribution in [0.5, 0.6) is 0 Å². The molecule has 0 fully saturated rings. The van der Waals surface area contributed by atoms with E-state index in [1.54, 1.807) is 6.07 Å². The van der Waals surface area contributed by atoms with Crippen molar-refractivity contribution in [2.75, 3.05) is 0 Å². The first-order valence-electron chi connectivity index (χ1n) is 23.3. The van der Waals surface area contributed by atoms with Crippen molar-refractivity contribution in [3.8, 4) is 65.3 Å². The lowest BCUT2D eigenvalue weighted by atomic mass is 9.97. The van der Waals surface area contributed by atoms with Crippen LogP contribution in [0.25, 0.3) is 27.6 Å². The molecule has 0 aliphatic carbocycles. The fraction of sp³-hybridized carbons (Fsp3) is 0.207. The normalized spacial score (nSPS) is 10.5. The van der Waals surface area contributed by atoms with Crippen LogP contribution in [0.3, 0.4) is 0 Å². The third-order valence-corrected chi connectivity index (χ3v) is 15.3. The number of alkyl halides is 3. The summed E-state index contributed by atoms with van der Waals surface area (Å²) in [6.45, 7) is 18.4. The topological polar surface area (TPSA) is 294 Å². The van der Waals surface area contributed by atoms with E-state index in [2.05, 4.69) is 81.3 Å². The molecule has 0 saturated heterocycles. The molecule has 0 saturated carbocycles. The highest BCUT2D eigenvalue weighted by Crippen LogP contribution is 2.32. The van der Waals surface area contributed by atoms with Crippen LogP contribution in [0.1, 0.15) is 66.4 Å². The molecule has 0 aliphatic heterocycles. The summed E-state index contributed by atoms with van der Waals surface area (Å²) < 4.78 is 132. The minimum atomic E-state index is -4.11. The second-order valence-electron chi connectivity index (χ2n) is 18.3. The third kappa shape index (κ3) is 28.8. The summed E-state index contributed by atoms with van der Waals surface area (Å²) in [5, 5.41) is 36.0. The number of hydrogen-bond donors (Lipinski definition) is 4. The van der Waals surface area contributed by atoms with E-state index in [4.69, 9.17) is 79.2 Å². The van der Waals surface area contributed by atoms with E-state index in [0.29, 0.717) is 27.1 Å². The van der Waals surface area contributed by atoms with Crippen molar-refractivity contribution in [2.45, 2.75) is 99.9 Å². The molecule has 16 nitrogen and oxygen atoms in total. The largest absolute Gasteiger partial charge is 0.498 e. The zero-order valence-corrected chi connectivity index (χ0v) is 54.4. The van der Waals surface area contributed by atoms with E-state index in [9.17, 15) is 52.0 Å². The number of benzene rings is 6. The smallest absolute Gasteiger partial charge is 0.337 e. The van der Waals surface area contributed by atoms with Gasteiger partial charge >= 0.3 is 6.07 Å². The summed E-state index contributed by atoms with van der Waals surface area (Å²) in [7, 11) is -16.8. The lowest BCUT2D eigenvalue weighted by Gasteiger charge is -2.07. The van der Waals surface area contributed by atoms with Gasteiger partial charge in [0.1, 0.15) is 51.5 Å². The summed E-state index contributed by atoms with van der Waals surface area (Å²) in [6.07, 6.45) is 15.2. The fourth-order valence-corrected chi connectivity index (χ4v) is 9.28.